The molecule has 0 aliphatic carbocycles. The van der Waals surface area contributed by atoms with Crippen LogP contribution in [0.2, 0.25) is 0 Å². The second kappa shape index (κ2) is 5.47. The van der Waals surface area contributed by atoms with Gasteiger partial charge in [-0.1, -0.05) is 0 Å². The number of nitrogens with one attached hydrogen (secondary N) is 1. The minimum Gasteiger partial charge on any atom is -0.375 e. The molecule has 1 N–H and O–H groups in total. The summed E-state index contributed by atoms with van der Waals surface area (Å²) in [7, 11) is 0. The summed E-state index contributed by atoms with van der Waals surface area (Å²) in [4.78, 5) is 0. The molecule has 17 heavy (non-hydrogen) atoms. The van der Waals surface area contributed by atoms with Crippen LogP contribution in [0, 0.1) is 0 Å². The average molecular weight is 257 g/mol. The van der Waals surface area contributed by atoms with Gasteiger partial charge in [0.1, 0.15) is 0 Å². The van der Waals surface area contributed by atoms with Gasteiger partial charge in [-0.05, 0) is 43.7 Å². The zero-order valence-electron chi connectivity index (χ0n) is 10.5. The molecule has 2 unspecified atom stereocenters. The Morgan fingerprint density at radius 1 is 1.18 bits per heavy atom. The number of thioether (sulfide) groups is 1. The number of rotatable bonds is 2. The molecule has 3 aliphatic rings. The molecule has 0 radical (unpaired) electrons. The van der Waals surface area contributed by atoms with Crippen molar-refractivity contribution in [1.82, 2.24) is 5.32 Å². The predicted octanol–water partition coefficient (Wildman–Crippen LogP) is 1.81. The molecule has 3 heterocycles. The lowest BCUT2D eigenvalue weighted by Gasteiger charge is -2.43. The van der Waals surface area contributed by atoms with Crippen molar-refractivity contribution in [3.63, 3.8) is 0 Å². The molecule has 3 nitrogen and oxygen atoms in total. The number of hydrogen-bond acceptors (Lipinski definition) is 4. The van der Waals surface area contributed by atoms with Gasteiger partial charge in [0.25, 0.3) is 0 Å². The van der Waals surface area contributed by atoms with Crippen molar-refractivity contribution >= 4 is 11.8 Å². The molecule has 0 bridgehead atoms. The first-order chi connectivity index (χ1) is 8.36. The summed E-state index contributed by atoms with van der Waals surface area (Å²) in [5.41, 5.74) is 0.167. The van der Waals surface area contributed by atoms with Crippen molar-refractivity contribution in [2.75, 3.05) is 31.2 Å². The van der Waals surface area contributed by atoms with Crippen LogP contribution < -0.4 is 5.32 Å². The summed E-state index contributed by atoms with van der Waals surface area (Å²) in [5.74, 6) is 2.52. The first-order valence-electron chi connectivity index (χ1n) is 6.94. The van der Waals surface area contributed by atoms with Crippen molar-refractivity contribution in [3.05, 3.63) is 0 Å². The molecule has 98 valence electrons. The van der Waals surface area contributed by atoms with Gasteiger partial charge in [0.2, 0.25) is 0 Å². The van der Waals surface area contributed by atoms with Crippen LogP contribution in [0.1, 0.15) is 32.1 Å². The van der Waals surface area contributed by atoms with Gasteiger partial charge in [-0.25, -0.2) is 0 Å². The lowest BCUT2D eigenvalue weighted by Crippen LogP contribution is -2.46. The van der Waals surface area contributed by atoms with Gasteiger partial charge in [0.15, 0.2) is 0 Å². The van der Waals surface area contributed by atoms with Gasteiger partial charge in [0, 0.05) is 19.6 Å². The third-order valence-electron chi connectivity index (χ3n) is 4.25. The second-order valence-corrected chi connectivity index (χ2v) is 6.73. The van der Waals surface area contributed by atoms with E-state index in [2.05, 4.69) is 17.1 Å². The highest BCUT2D eigenvalue weighted by molar-refractivity contribution is 7.99. The lowest BCUT2D eigenvalue weighted by atomic mass is 9.86. The fraction of sp³-hybridized carbons (Fsp3) is 1.00. The summed E-state index contributed by atoms with van der Waals surface area (Å²) in [5, 5.41) is 3.37. The lowest BCUT2D eigenvalue weighted by molar-refractivity contribution is -0.148. The third-order valence-corrected chi connectivity index (χ3v) is 5.24. The molecule has 1 spiro atoms. The maximum atomic E-state index is 6.23. The van der Waals surface area contributed by atoms with Crippen molar-refractivity contribution in [2.24, 2.45) is 0 Å². The number of ether oxygens (including phenoxy) is 2. The third kappa shape index (κ3) is 2.98. The molecule has 0 aromatic carbocycles. The smallest absolute Gasteiger partial charge is 0.0723 e. The second-order valence-electron chi connectivity index (χ2n) is 5.51. The highest BCUT2D eigenvalue weighted by Crippen LogP contribution is 2.38. The van der Waals surface area contributed by atoms with E-state index in [-0.39, 0.29) is 5.60 Å². The monoisotopic (exact) mass is 257 g/mol. The largest absolute Gasteiger partial charge is 0.375 e. The molecular formula is C13H23NO2S. The van der Waals surface area contributed by atoms with Gasteiger partial charge in [-0.3, -0.25) is 0 Å². The Bertz CT molecular complexity index is 244. The van der Waals surface area contributed by atoms with Crippen molar-refractivity contribution in [3.8, 4) is 0 Å². The summed E-state index contributed by atoms with van der Waals surface area (Å²) in [6.07, 6.45) is 6.74. The quantitative estimate of drug-likeness (QED) is 0.817. The molecule has 0 aromatic rings. The van der Waals surface area contributed by atoms with E-state index >= 15 is 0 Å². The van der Waals surface area contributed by atoms with E-state index in [1.54, 1.807) is 0 Å². The Kier molecular flexibility index (Phi) is 3.95. The van der Waals surface area contributed by atoms with Crippen LogP contribution in [0.15, 0.2) is 0 Å². The van der Waals surface area contributed by atoms with Gasteiger partial charge in [-0.15, -0.1) is 0 Å². The van der Waals surface area contributed by atoms with Gasteiger partial charge >= 0.3 is 0 Å². The van der Waals surface area contributed by atoms with Crippen LogP contribution in [0.4, 0.5) is 0 Å². The standard InChI is InChI=1S/C13H23NO2S/c1-5-14-10-12(1)16-11-2-6-15-13(9-11)3-7-17-8-4-13/h11-12,14H,1-10H2. The average Bonchev–Trinajstić information content (AvgIpc) is 2.83. The zero-order valence-corrected chi connectivity index (χ0v) is 11.3. The molecule has 3 rings (SSSR count). The van der Waals surface area contributed by atoms with Gasteiger partial charge in [-0.2, -0.15) is 11.8 Å². The van der Waals surface area contributed by atoms with Crippen LogP contribution in [0.25, 0.3) is 0 Å². The zero-order chi connectivity index (χ0) is 11.6. The SMILES string of the molecule is C1CC(OC2CCOC3(CCSCC3)C2)CN1. The van der Waals surface area contributed by atoms with E-state index < -0.39 is 0 Å². The Balaban J connectivity index is 1.55. The van der Waals surface area contributed by atoms with E-state index in [9.17, 15) is 0 Å². The highest BCUT2D eigenvalue weighted by atomic mass is 32.2. The maximum absolute atomic E-state index is 6.23. The fourth-order valence-corrected chi connectivity index (χ4v) is 4.44. The van der Waals surface area contributed by atoms with E-state index in [1.165, 1.54) is 30.8 Å². The molecule has 0 aromatic heterocycles. The first kappa shape index (κ1) is 12.3. The first-order valence-corrected chi connectivity index (χ1v) is 8.10. The van der Waals surface area contributed by atoms with Crippen molar-refractivity contribution in [2.45, 2.75) is 49.9 Å². The Morgan fingerprint density at radius 3 is 2.82 bits per heavy atom. The summed E-state index contributed by atoms with van der Waals surface area (Å²) in [6.45, 7) is 3.06. The van der Waals surface area contributed by atoms with Crippen LogP contribution in [-0.2, 0) is 9.47 Å². The Morgan fingerprint density at radius 2 is 2.06 bits per heavy atom. The van der Waals surface area contributed by atoms with Gasteiger partial charge < -0.3 is 14.8 Å². The van der Waals surface area contributed by atoms with Crippen LogP contribution in [-0.4, -0.2) is 49.0 Å². The van der Waals surface area contributed by atoms with E-state index in [0.717, 1.165) is 32.5 Å². The normalized spacial score (nSPS) is 37.4. The summed E-state index contributed by atoms with van der Waals surface area (Å²) >= 11 is 2.07. The maximum Gasteiger partial charge on any atom is 0.0723 e. The molecule has 4 heteroatoms. The van der Waals surface area contributed by atoms with E-state index in [4.69, 9.17) is 9.47 Å². The minimum atomic E-state index is 0.167. The van der Waals surface area contributed by atoms with E-state index in [0.29, 0.717) is 12.2 Å². The molecule has 3 saturated heterocycles. The van der Waals surface area contributed by atoms with Crippen LogP contribution in [0.5, 0.6) is 0 Å². The molecule has 0 amide bonds. The Labute approximate surface area is 108 Å². The number of hydrogen-bond donors (Lipinski definition) is 1. The van der Waals surface area contributed by atoms with Crippen molar-refractivity contribution in [1.29, 1.82) is 0 Å². The minimum absolute atomic E-state index is 0.167. The van der Waals surface area contributed by atoms with Crippen LogP contribution >= 0.6 is 11.8 Å². The fourth-order valence-electron chi connectivity index (χ4n) is 3.21. The molecule has 0 saturated carbocycles. The summed E-state index contributed by atoms with van der Waals surface area (Å²) < 4.78 is 12.3. The molecule has 2 atom stereocenters. The highest BCUT2D eigenvalue weighted by Gasteiger charge is 2.39. The Hall–Kier alpha value is 0.230. The van der Waals surface area contributed by atoms with Crippen molar-refractivity contribution < 1.29 is 9.47 Å². The molecular weight excluding hydrogens is 234 g/mol. The molecule has 3 aliphatic heterocycles. The van der Waals surface area contributed by atoms with Crippen LogP contribution in [0.3, 0.4) is 0 Å². The topological polar surface area (TPSA) is 30.5 Å². The molecule has 3 fully saturated rings. The van der Waals surface area contributed by atoms with E-state index in [1.807, 2.05) is 0 Å². The predicted molar refractivity (Wildman–Crippen MR) is 70.6 cm³/mol. The summed E-state index contributed by atoms with van der Waals surface area (Å²) in [6, 6.07) is 0. The van der Waals surface area contributed by atoms with Gasteiger partial charge in [0.05, 0.1) is 17.8 Å².